The first kappa shape index (κ1) is 12.8. The van der Waals surface area contributed by atoms with Crippen molar-refractivity contribution in [2.45, 2.75) is 31.1 Å². The molecule has 1 saturated heterocycles. The molecule has 1 atom stereocenters. The lowest BCUT2D eigenvalue weighted by atomic mass is 10.1. The number of primary amides is 1. The molecule has 1 aliphatic heterocycles. The Morgan fingerprint density at radius 2 is 2.20 bits per heavy atom. The number of rotatable bonds is 3. The fraction of sp³-hybridized carbons (Fsp3) is 0.900. The summed E-state index contributed by atoms with van der Waals surface area (Å²) in [5.74, 6) is 0.685. The highest BCUT2D eigenvalue weighted by Crippen LogP contribution is 2.30. The highest BCUT2D eigenvalue weighted by Gasteiger charge is 2.25. The van der Waals surface area contributed by atoms with Gasteiger partial charge in [-0.15, -0.1) is 0 Å². The molecule has 1 fully saturated rings. The standard InChI is InChI=1S/C10H21N3OS/c1-10(2)3-4-13(5-6-15-10)7-8(11)9(12)14/h8H,3-7,11H2,1-2H3,(H2,12,14). The zero-order valence-electron chi connectivity index (χ0n) is 9.53. The number of amides is 1. The van der Waals surface area contributed by atoms with Crippen LogP contribution in [0.25, 0.3) is 0 Å². The molecule has 1 rings (SSSR count). The van der Waals surface area contributed by atoms with E-state index in [1.165, 1.54) is 0 Å². The lowest BCUT2D eigenvalue weighted by Crippen LogP contribution is -2.46. The fourth-order valence-electron chi connectivity index (χ4n) is 1.61. The summed E-state index contributed by atoms with van der Waals surface area (Å²) in [4.78, 5) is 13.1. The largest absolute Gasteiger partial charge is 0.368 e. The summed E-state index contributed by atoms with van der Waals surface area (Å²) >= 11 is 1.98. The lowest BCUT2D eigenvalue weighted by Gasteiger charge is -2.23. The number of carbonyl (C=O) groups excluding carboxylic acids is 1. The Bertz CT molecular complexity index is 233. The van der Waals surface area contributed by atoms with Crippen LogP contribution in [0, 0.1) is 0 Å². The molecule has 1 amide bonds. The minimum Gasteiger partial charge on any atom is -0.368 e. The van der Waals surface area contributed by atoms with Gasteiger partial charge in [-0.2, -0.15) is 11.8 Å². The molecule has 0 aliphatic carbocycles. The van der Waals surface area contributed by atoms with Gasteiger partial charge in [0, 0.05) is 23.6 Å². The number of hydrogen-bond acceptors (Lipinski definition) is 4. The zero-order chi connectivity index (χ0) is 11.5. The SMILES string of the molecule is CC1(C)CCN(CC(N)C(N)=O)CCS1. The summed E-state index contributed by atoms with van der Waals surface area (Å²) in [5.41, 5.74) is 10.8. The van der Waals surface area contributed by atoms with Crippen LogP contribution in [0.3, 0.4) is 0 Å². The van der Waals surface area contributed by atoms with E-state index in [1.54, 1.807) is 0 Å². The van der Waals surface area contributed by atoms with Gasteiger partial charge >= 0.3 is 0 Å². The average Bonchev–Trinajstić information content (AvgIpc) is 2.28. The summed E-state index contributed by atoms with van der Waals surface area (Å²) in [5, 5.41) is 0. The second-order valence-electron chi connectivity index (χ2n) is 4.67. The van der Waals surface area contributed by atoms with Crippen LogP contribution in [0.4, 0.5) is 0 Å². The highest BCUT2D eigenvalue weighted by molar-refractivity contribution is 8.00. The van der Waals surface area contributed by atoms with Crippen molar-refractivity contribution < 1.29 is 4.79 Å². The molecule has 0 spiro atoms. The molecular weight excluding hydrogens is 210 g/mol. The third-order valence-corrected chi connectivity index (χ3v) is 4.12. The maximum Gasteiger partial charge on any atom is 0.235 e. The average molecular weight is 231 g/mol. The first-order valence-corrected chi connectivity index (χ1v) is 6.30. The van der Waals surface area contributed by atoms with Crippen molar-refractivity contribution >= 4 is 17.7 Å². The van der Waals surface area contributed by atoms with E-state index in [2.05, 4.69) is 18.7 Å². The smallest absolute Gasteiger partial charge is 0.235 e. The van der Waals surface area contributed by atoms with Gasteiger partial charge in [0.05, 0.1) is 6.04 Å². The maximum absolute atomic E-state index is 10.9. The molecule has 4 nitrogen and oxygen atoms in total. The summed E-state index contributed by atoms with van der Waals surface area (Å²) < 4.78 is 0.339. The van der Waals surface area contributed by atoms with E-state index in [0.29, 0.717) is 11.3 Å². The second-order valence-corrected chi connectivity index (χ2v) is 6.47. The van der Waals surface area contributed by atoms with Crippen LogP contribution in [-0.2, 0) is 4.79 Å². The number of thioether (sulfide) groups is 1. The number of nitrogens with two attached hydrogens (primary N) is 2. The van der Waals surface area contributed by atoms with E-state index < -0.39 is 11.9 Å². The van der Waals surface area contributed by atoms with Crippen LogP contribution in [0.2, 0.25) is 0 Å². The third kappa shape index (κ3) is 4.40. The van der Waals surface area contributed by atoms with Crippen LogP contribution in [0.15, 0.2) is 0 Å². The molecule has 0 radical (unpaired) electrons. The van der Waals surface area contributed by atoms with Crippen LogP contribution in [0.5, 0.6) is 0 Å². The molecule has 0 saturated carbocycles. The summed E-state index contributed by atoms with van der Waals surface area (Å²) in [6, 6.07) is -0.531. The molecule has 88 valence electrons. The van der Waals surface area contributed by atoms with Crippen LogP contribution >= 0.6 is 11.8 Å². The Morgan fingerprint density at radius 3 is 2.80 bits per heavy atom. The molecule has 0 aromatic rings. The molecule has 1 aliphatic rings. The quantitative estimate of drug-likeness (QED) is 0.718. The van der Waals surface area contributed by atoms with Gasteiger partial charge in [0.25, 0.3) is 0 Å². The van der Waals surface area contributed by atoms with Gasteiger partial charge in [0.2, 0.25) is 5.91 Å². The van der Waals surface area contributed by atoms with E-state index in [0.717, 1.165) is 25.3 Å². The Kier molecular flexibility index (Phi) is 4.43. The van der Waals surface area contributed by atoms with Crippen molar-refractivity contribution in [2.24, 2.45) is 11.5 Å². The van der Waals surface area contributed by atoms with Gasteiger partial charge in [-0.25, -0.2) is 0 Å². The molecule has 1 heterocycles. The highest BCUT2D eigenvalue weighted by atomic mass is 32.2. The molecule has 0 bridgehead atoms. The van der Waals surface area contributed by atoms with Gasteiger partial charge < -0.3 is 16.4 Å². The van der Waals surface area contributed by atoms with Gasteiger partial charge in [0.15, 0.2) is 0 Å². The van der Waals surface area contributed by atoms with Crippen molar-refractivity contribution in [1.29, 1.82) is 0 Å². The van der Waals surface area contributed by atoms with E-state index in [1.807, 2.05) is 11.8 Å². The van der Waals surface area contributed by atoms with E-state index >= 15 is 0 Å². The Morgan fingerprint density at radius 1 is 1.53 bits per heavy atom. The topological polar surface area (TPSA) is 72.3 Å². The molecule has 5 heteroatoms. The first-order chi connectivity index (χ1) is 6.91. The molecule has 4 N–H and O–H groups in total. The summed E-state index contributed by atoms with van der Waals surface area (Å²) in [6.07, 6.45) is 1.13. The minimum absolute atomic E-state index is 0.339. The van der Waals surface area contributed by atoms with Crippen molar-refractivity contribution in [3.8, 4) is 0 Å². The fourth-order valence-corrected chi connectivity index (χ4v) is 2.75. The lowest BCUT2D eigenvalue weighted by molar-refractivity contribution is -0.119. The van der Waals surface area contributed by atoms with Crippen molar-refractivity contribution in [3.63, 3.8) is 0 Å². The Balaban J connectivity index is 2.41. The number of carbonyl (C=O) groups is 1. The van der Waals surface area contributed by atoms with Crippen LogP contribution in [0.1, 0.15) is 20.3 Å². The van der Waals surface area contributed by atoms with Crippen LogP contribution in [-0.4, -0.2) is 47.0 Å². The number of hydrogen-bond donors (Lipinski definition) is 2. The molecular formula is C10H21N3OS. The monoisotopic (exact) mass is 231 g/mol. The van der Waals surface area contributed by atoms with Crippen molar-refractivity contribution in [3.05, 3.63) is 0 Å². The Labute approximate surface area is 95.7 Å². The van der Waals surface area contributed by atoms with Gasteiger partial charge in [0.1, 0.15) is 0 Å². The van der Waals surface area contributed by atoms with Gasteiger partial charge in [-0.3, -0.25) is 4.79 Å². The minimum atomic E-state index is -0.531. The molecule has 1 unspecified atom stereocenters. The van der Waals surface area contributed by atoms with E-state index in [9.17, 15) is 4.79 Å². The van der Waals surface area contributed by atoms with Crippen molar-refractivity contribution in [1.82, 2.24) is 4.90 Å². The molecule has 15 heavy (non-hydrogen) atoms. The molecule has 0 aromatic carbocycles. The van der Waals surface area contributed by atoms with Crippen molar-refractivity contribution in [2.75, 3.05) is 25.4 Å². The maximum atomic E-state index is 10.9. The second kappa shape index (κ2) is 5.18. The third-order valence-electron chi connectivity index (χ3n) is 2.75. The predicted molar refractivity (Wildman–Crippen MR) is 64.8 cm³/mol. The van der Waals surface area contributed by atoms with E-state index in [-0.39, 0.29) is 0 Å². The normalized spacial score (nSPS) is 24.5. The van der Waals surface area contributed by atoms with Crippen LogP contribution < -0.4 is 11.5 Å². The first-order valence-electron chi connectivity index (χ1n) is 5.32. The Hall–Kier alpha value is -0.260. The predicted octanol–water partition coefficient (Wildman–Crippen LogP) is 0.0165. The zero-order valence-corrected chi connectivity index (χ0v) is 10.3. The summed E-state index contributed by atoms with van der Waals surface area (Å²) in [6.45, 7) is 7.10. The molecule has 0 aromatic heterocycles. The van der Waals surface area contributed by atoms with E-state index in [4.69, 9.17) is 11.5 Å². The van der Waals surface area contributed by atoms with Gasteiger partial charge in [-0.1, -0.05) is 13.8 Å². The summed E-state index contributed by atoms with van der Waals surface area (Å²) in [7, 11) is 0. The number of nitrogens with zero attached hydrogens (tertiary/aromatic N) is 1. The van der Waals surface area contributed by atoms with Gasteiger partial charge in [-0.05, 0) is 13.0 Å².